The number of carbonyl (C=O) groups is 1. The molecule has 0 aliphatic carbocycles. The van der Waals surface area contributed by atoms with Gasteiger partial charge in [0.15, 0.2) is 0 Å². The summed E-state index contributed by atoms with van der Waals surface area (Å²) in [4.78, 5) is 8.44. The first-order valence-electron chi connectivity index (χ1n) is 1.63. The summed E-state index contributed by atoms with van der Waals surface area (Å²) in [5.41, 5.74) is 0. The molecule has 0 aliphatic rings. The Morgan fingerprint density at radius 3 is 1.56 bits per heavy atom. The molecule has 0 fully saturated rings. The molecular weight excluding hydrogens is 128 g/mol. The summed E-state index contributed by atoms with van der Waals surface area (Å²) >= 11 is 0. The number of rotatable bonds is 0. The third kappa shape index (κ3) is 262. The van der Waals surface area contributed by atoms with Crippen molar-refractivity contribution in [3.05, 3.63) is 0 Å². The molecule has 60 valence electrons. The van der Waals surface area contributed by atoms with Crippen LogP contribution in [0.1, 0.15) is 6.92 Å². The molecule has 0 aromatic heterocycles. The molecule has 0 aromatic carbocycles. The first-order chi connectivity index (χ1) is 3.15. The summed E-state index contributed by atoms with van der Waals surface area (Å²) in [6.07, 6.45) is -2.08. The Balaban J connectivity index is -0.0000000233. The zero-order chi connectivity index (χ0) is 6.28. The van der Waals surface area contributed by atoms with Crippen molar-refractivity contribution in [1.82, 2.24) is 12.3 Å². The van der Waals surface area contributed by atoms with E-state index in [-0.39, 0.29) is 18.9 Å². The smallest absolute Gasteiger partial charge is 0.249 e. The topological polar surface area (TPSA) is 156 Å². The van der Waals surface area contributed by atoms with Gasteiger partial charge in [0.25, 0.3) is 0 Å². The molecule has 0 rings (SSSR count). The van der Waals surface area contributed by atoms with E-state index in [2.05, 4.69) is 0 Å². The Kier molecular flexibility index (Phi) is 73.3. The highest BCUT2D eigenvalue weighted by Crippen LogP contribution is 1.32. The molecular formula is C3H14N2O4. The molecule has 0 aromatic rings. The molecule has 0 amide bonds. The third-order valence-electron chi connectivity index (χ3n) is 0. The van der Waals surface area contributed by atoms with Gasteiger partial charge in [-0.1, -0.05) is 6.92 Å². The van der Waals surface area contributed by atoms with Crippen molar-refractivity contribution in [2.24, 2.45) is 0 Å². The molecule has 6 heteroatoms. The van der Waals surface area contributed by atoms with Crippen LogP contribution in [0.5, 0.6) is 0 Å². The van der Waals surface area contributed by atoms with Gasteiger partial charge >= 0.3 is 0 Å². The summed E-state index contributed by atoms with van der Waals surface area (Å²) in [6, 6.07) is 0. The maximum atomic E-state index is 8.93. The third-order valence-corrected chi connectivity index (χ3v) is 0. The average molecular weight is 142 g/mol. The highest BCUT2D eigenvalue weighted by Gasteiger charge is 1.51. The van der Waals surface area contributed by atoms with Crippen LogP contribution in [0.15, 0.2) is 0 Å². The van der Waals surface area contributed by atoms with E-state index in [9.17, 15) is 0 Å². The second kappa shape index (κ2) is 27.3. The van der Waals surface area contributed by atoms with Gasteiger partial charge in [0.1, 0.15) is 0 Å². The van der Waals surface area contributed by atoms with Gasteiger partial charge in [-0.25, -0.2) is 0 Å². The van der Waals surface area contributed by atoms with E-state index < -0.39 is 6.16 Å². The maximum absolute atomic E-state index is 8.93. The molecule has 0 saturated heterocycles. The fraction of sp³-hybridized carbons (Fsp3) is 0.667. The standard InChI is InChI=1S/C2H5O.CH2O3.2H3N/c1-2-3;2-1(3)4;;/h2H2,1H3;(H2,2,3,4);2*1H3/q-1;;;/p+1. The fourth-order valence-electron chi connectivity index (χ4n) is 0. The lowest BCUT2D eigenvalue weighted by atomic mass is 10.9. The van der Waals surface area contributed by atoms with Gasteiger partial charge in [0.2, 0.25) is 6.16 Å². The Labute approximate surface area is 53.3 Å². The molecule has 0 aliphatic heterocycles. The molecule has 0 spiro atoms. The van der Waals surface area contributed by atoms with Crippen molar-refractivity contribution in [3.8, 4) is 0 Å². The summed E-state index contributed by atoms with van der Waals surface area (Å²) in [7, 11) is 0. The quantitative estimate of drug-likeness (QED) is 0.396. The summed E-state index contributed by atoms with van der Waals surface area (Å²) in [5, 5.41) is 24.2. The first kappa shape index (κ1) is 24.2. The number of carboxylic acid groups (broad SMARTS) is 2. The van der Waals surface area contributed by atoms with E-state index in [4.69, 9.17) is 20.1 Å². The average Bonchev–Trinajstić information content (AvgIpc) is 1.33. The number of quaternary nitrogens is 2. The number of hydrogen-bond donors (Lipinski definition) is 3. The van der Waals surface area contributed by atoms with Gasteiger partial charge < -0.3 is 32.4 Å². The van der Waals surface area contributed by atoms with E-state index in [0.29, 0.717) is 0 Å². The van der Waals surface area contributed by atoms with Crippen LogP contribution < -0.4 is 22.5 Å². The van der Waals surface area contributed by atoms with Gasteiger partial charge in [-0.3, -0.25) is 0 Å². The first-order valence-corrected chi connectivity index (χ1v) is 1.63. The monoisotopic (exact) mass is 142 g/mol. The van der Waals surface area contributed by atoms with Crippen molar-refractivity contribution < 1.29 is 20.1 Å². The number of hydrogen-bond acceptors (Lipinski definition) is 3. The second-order valence-electron chi connectivity index (χ2n) is 0.555. The highest BCUT2D eigenvalue weighted by molar-refractivity contribution is 5.50. The molecule has 9 heavy (non-hydrogen) atoms. The summed E-state index contributed by atoms with van der Waals surface area (Å²) < 4.78 is 0. The van der Waals surface area contributed by atoms with Crippen LogP contribution in [-0.2, 0) is 0 Å². The van der Waals surface area contributed by atoms with E-state index >= 15 is 0 Å². The van der Waals surface area contributed by atoms with E-state index in [1.165, 1.54) is 0 Å². The largest absolute Gasteiger partial charge is 0.855 e. The highest BCUT2D eigenvalue weighted by atomic mass is 16.6. The van der Waals surface area contributed by atoms with Crippen LogP contribution in [0.2, 0.25) is 0 Å². The Morgan fingerprint density at radius 1 is 1.56 bits per heavy atom. The van der Waals surface area contributed by atoms with Crippen LogP contribution >= 0.6 is 0 Å². The Bertz CT molecular complexity index is 45.1. The van der Waals surface area contributed by atoms with Crippen molar-refractivity contribution in [2.45, 2.75) is 6.92 Å². The molecule has 0 bridgehead atoms. The van der Waals surface area contributed by atoms with Gasteiger partial charge in [-0.15, -0.1) is 6.61 Å². The van der Waals surface area contributed by atoms with Gasteiger partial charge in [-0.05, 0) is 0 Å². The summed E-state index contributed by atoms with van der Waals surface area (Å²) in [5.74, 6) is 0. The second-order valence-corrected chi connectivity index (χ2v) is 0.555. The minimum Gasteiger partial charge on any atom is -0.855 e. The molecule has 9 N–H and O–H groups in total. The molecule has 0 radical (unpaired) electrons. The van der Waals surface area contributed by atoms with Crippen LogP contribution in [0.25, 0.3) is 0 Å². The van der Waals surface area contributed by atoms with Crippen LogP contribution in [-0.4, -0.2) is 17.9 Å². The van der Waals surface area contributed by atoms with Crippen molar-refractivity contribution in [1.29, 1.82) is 0 Å². The molecule has 0 unspecified atom stereocenters. The SMILES string of the molecule is CC[O-].O=C([O-])O.[NH4+].[NH4+]. The van der Waals surface area contributed by atoms with E-state index in [1.807, 2.05) is 0 Å². The normalized spacial score (nSPS) is 4.67. The van der Waals surface area contributed by atoms with Gasteiger partial charge in [0, 0.05) is 0 Å². The Hall–Kier alpha value is -0.850. The molecule has 6 nitrogen and oxygen atoms in total. The molecule has 0 atom stereocenters. The van der Waals surface area contributed by atoms with Crippen LogP contribution in [0.4, 0.5) is 4.79 Å². The van der Waals surface area contributed by atoms with Crippen LogP contribution in [0, 0.1) is 0 Å². The molecule has 0 heterocycles. The summed E-state index contributed by atoms with van der Waals surface area (Å²) in [6.45, 7) is 1.57. The van der Waals surface area contributed by atoms with E-state index in [0.717, 1.165) is 0 Å². The van der Waals surface area contributed by atoms with Crippen molar-refractivity contribution in [2.75, 3.05) is 6.61 Å². The lowest BCUT2D eigenvalue weighted by molar-refractivity contribution is -0.361. The Morgan fingerprint density at radius 2 is 1.56 bits per heavy atom. The predicted molar refractivity (Wildman–Crippen MR) is 30.5 cm³/mol. The predicted octanol–water partition coefficient (Wildman–Crippen LogP) is -0.993. The fourth-order valence-corrected chi connectivity index (χ4v) is 0. The van der Waals surface area contributed by atoms with Gasteiger partial charge in [-0.2, -0.15) is 0 Å². The maximum Gasteiger partial charge on any atom is 0.249 e. The van der Waals surface area contributed by atoms with Gasteiger partial charge in [0.05, 0.1) is 0 Å². The van der Waals surface area contributed by atoms with E-state index in [1.54, 1.807) is 6.92 Å². The zero-order valence-corrected chi connectivity index (χ0v) is 5.88. The minimum atomic E-state index is -2.08. The molecule has 0 saturated carbocycles. The van der Waals surface area contributed by atoms with Crippen LogP contribution in [0.3, 0.4) is 0 Å². The van der Waals surface area contributed by atoms with Crippen molar-refractivity contribution in [3.63, 3.8) is 0 Å². The lowest BCUT2D eigenvalue weighted by Gasteiger charge is -1.79. The van der Waals surface area contributed by atoms with Crippen molar-refractivity contribution >= 4 is 6.16 Å². The lowest BCUT2D eigenvalue weighted by Crippen LogP contribution is -2.17. The minimum absolute atomic E-state index is 0. The zero-order valence-electron chi connectivity index (χ0n) is 5.88.